The molecule has 0 spiro atoms. The summed E-state index contributed by atoms with van der Waals surface area (Å²) in [6, 6.07) is 15.4. The van der Waals surface area contributed by atoms with E-state index in [1.807, 2.05) is 0 Å². The van der Waals surface area contributed by atoms with Gasteiger partial charge >= 0.3 is 0 Å². The smallest absolute Gasteiger partial charge is 0.0601 e. The van der Waals surface area contributed by atoms with Crippen LogP contribution in [0.1, 0.15) is 22.7 Å². The minimum absolute atomic E-state index is 0.271. The van der Waals surface area contributed by atoms with Gasteiger partial charge in [0.15, 0.2) is 0 Å². The van der Waals surface area contributed by atoms with Crippen molar-refractivity contribution in [3.8, 4) is 0 Å². The second-order valence-corrected chi connectivity index (χ2v) is 6.19. The van der Waals surface area contributed by atoms with Crippen LogP contribution in [0.25, 0.3) is 10.9 Å². The molecule has 0 bridgehead atoms. The predicted molar refractivity (Wildman–Crippen MR) is 86.0 cm³/mol. The molecule has 2 nitrogen and oxygen atoms in total. The molecule has 2 aromatic carbocycles. The third-order valence-electron chi connectivity index (χ3n) is 4.09. The number of rotatable bonds is 1. The maximum atomic E-state index is 3.66. The Kier molecular flexibility index (Phi) is 2.90. The summed E-state index contributed by atoms with van der Waals surface area (Å²) in [5, 5.41) is 4.96. The number of H-pyrrole nitrogens is 1. The zero-order valence-corrected chi connectivity index (χ0v) is 12.6. The van der Waals surface area contributed by atoms with Gasteiger partial charge in [0.25, 0.3) is 0 Å². The van der Waals surface area contributed by atoms with E-state index in [0.717, 1.165) is 17.4 Å². The van der Waals surface area contributed by atoms with Gasteiger partial charge in [0.05, 0.1) is 6.04 Å². The number of aromatic nitrogens is 1. The quantitative estimate of drug-likeness (QED) is 0.690. The van der Waals surface area contributed by atoms with E-state index in [-0.39, 0.29) is 6.04 Å². The normalized spacial score (nSPS) is 18.1. The molecule has 0 fully saturated rings. The summed E-state index contributed by atoms with van der Waals surface area (Å²) >= 11 is 3.60. The minimum atomic E-state index is 0.271. The maximum Gasteiger partial charge on any atom is 0.0601 e. The topological polar surface area (TPSA) is 27.8 Å². The Labute approximate surface area is 126 Å². The third kappa shape index (κ3) is 1.89. The summed E-state index contributed by atoms with van der Waals surface area (Å²) in [6.07, 6.45) is 3.24. The molecule has 100 valence electrons. The highest BCUT2D eigenvalue weighted by Crippen LogP contribution is 2.34. The lowest BCUT2D eigenvalue weighted by molar-refractivity contribution is 0.570. The second kappa shape index (κ2) is 4.76. The first-order valence-corrected chi connectivity index (χ1v) is 7.70. The van der Waals surface area contributed by atoms with E-state index >= 15 is 0 Å². The predicted octanol–water partition coefficient (Wildman–Crippen LogP) is 4.17. The fourth-order valence-corrected chi connectivity index (χ4v) is 3.51. The van der Waals surface area contributed by atoms with Gasteiger partial charge in [0.2, 0.25) is 0 Å². The Morgan fingerprint density at radius 1 is 1.05 bits per heavy atom. The third-order valence-corrected chi connectivity index (χ3v) is 4.59. The molecule has 1 aliphatic rings. The van der Waals surface area contributed by atoms with Gasteiger partial charge in [-0.3, -0.25) is 0 Å². The van der Waals surface area contributed by atoms with Gasteiger partial charge in [-0.1, -0.05) is 40.2 Å². The number of fused-ring (bicyclic) bond motifs is 2. The lowest BCUT2D eigenvalue weighted by Crippen LogP contribution is -2.30. The molecule has 0 amide bonds. The van der Waals surface area contributed by atoms with Crippen LogP contribution in [0.2, 0.25) is 0 Å². The first kappa shape index (κ1) is 12.2. The molecule has 1 aliphatic heterocycles. The number of benzene rings is 2. The molecule has 2 heterocycles. The molecular weight excluding hydrogens is 312 g/mol. The Balaban J connectivity index is 1.90. The van der Waals surface area contributed by atoms with E-state index in [1.165, 1.54) is 27.6 Å². The van der Waals surface area contributed by atoms with Crippen LogP contribution >= 0.6 is 15.9 Å². The Hall–Kier alpha value is -1.58. The van der Waals surface area contributed by atoms with Crippen molar-refractivity contribution in [3.05, 3.63) is 69.8 Å². The first-order valence-electron chi connectivity index (χ1n) is 6.90. The standard InChI is InChI=1S/C17H15BrN2/c18-12-6-5-11-7-8-19-17(14(11)9-12)15-10-20-16-4-2-1-3-13(15)16/h1-6,9-10,17,19-20H,7-8H2/t17-/m1/s1. The Morgan fingerprint density at radius 3 is 2.90 bits per heavy atom. The van der Waals surface area contributed by atoms with Crippen LogP contribution in [0.5, 0.6) is 0 Å². The van der Waals surface area contributed by atoms with Crippen molar-refractivity contribution in [2.75, 3.05) is 6.54 Å². The fourth-order valence-electron chi connectivity index (χ4n) is 3.13. The number of para-hydroxylation sites is 1. The highest BCUT2D eigenvalue weighted by Gasteiger charge is 2.23. The maximum absolute atomic E-state index is 3.66. The average Bonchev–Trinajstić information content (AvgIpc) is 2.90. The molecule has 3 heteroatoms. The Morgan fingerprint density at radius 2 is 1.95 bits per heavy atom. The van der Waals surface area contributed by atoms with Gasteiger partial charge in [-0.25, -0.2) is 0 Å². The van der Waals surface area contributed by atoms with Crippen molar-refractivity contribution < 1.29 is 0 Å². The molecule has 1 aromatic heterocycles. The molecular formula is C17H15BrN2. The van der Waals surface area contributed by atoms with Gasteiger partial charge in [0.1, 0.15) is 0 Å². The van der Waals surface area contributed by atoms with Crippen molar-refractivity contribution >= 4 is 26.8 Å². The molecule has 20 heavy (non-hydrogen) atoms. The van der Waals surface area contributed by atoms with Crippen LogP contribution in [-0.2, 0) is 6.42 Å². The molecule has 0 unspecified atom stereocenters. The summed E-state index contributed by atoms with van der Waals surface area (Å²) in [6.45, 7) is 1.03. The monoisotopic (exact) mass is 326 g/mol. The number of halogens is 1. The van der Waals surface area contributed by atoms with Crippen LogP contribution in [0.3, 0.4) is 0 Å². The molecule has 1 atom stereocenters. The zero-order chi connectivity index (χ0) is 13.5. The van der Waals surface area contributed by atoms with Gasteiger partial charge < -0.3 is 10.3 Å². The summed E-state index contributed by atoms with van der Waals surface area (Å²) in [5.74, 6) is 0. The van der Waals surface area contributed by atoms with Crippen molar-refractivity contribution in [2.45, 2.75) is 12.5 Å². The molecule has 4 rings (SSSR count). The summed E-state index contributed by atoms with van der Waals surface area (Å²) < 4.78 is 1.14. The molecule has 0 radical (unpaired) electrons. The van der Waals surface area contributed by atoms with E-state index in [2.05, 4.69) is 74.9 Å². The molecule has 0 saturated heterocycles. The summed E-state index contributed by atoms with van der Waals surface area (Å²) in [5.41, 5.74) is 5.36. The van der Waals surface area contributed by atoms with E-state index in [9.17, 15) is 0 Å². The number of aromatic amines is 1. The van der Waals surface area contributed by atoms with Gasteiger partial charge in [0, 0.05) is 28.1 Å². The molecule has 0 aliphatic carbocycles. The zero-order valence-electron chi connectivity index (χ0n) is 11.0. The summed E-state index contributed by atoms with van der Waals surface area (Å²) in [7, 11) is 0. The number of hydrogen-bond acceptors (Lipinski definition) is 1. The first-order chi connectivity index (χ1) is 9.83. The number of nitrogens with one attached hydrogen (secondary N) is 2. The Bertz CT molecular complexity index is 776. The highest BCUT2D eigenvalue weighted by atomic mass is 79.9. The van der Waals surface area contributed by atoms with Crippen molar-refractivity contribution in [1.82, 2.24) is 10.3 Å². The van der Waals surface area contributed by atoms with Crippen LogP contribution in [0, 0.1) is 0 Å². The fraction of sp³-hybridized carbons (Fsp3) is 0.176. The van der Waals surface area contributed by atoms with E-state index < -0.39 is 0 Å². The average molecular weight is 327 g/mol. The highest BCUT2D eigenvalue weighted by molar-refractivity contribution is 9.10. The van der Waals surface area contributed by atoms with Crippen LogP contribution < -0.4 is 5.32 Å². The van der Waals surface area contributed by atoms with Gasteiger partial charge in [-0.15, -0.1) is 0 Å². The number of hydrogen-bond donors (Lipinski definition) is 2. The van der Waals surface area contributed by atoms with Crippen LogP contribution in [0.4, 0.5) is 0 Å². The van der Waals surface area contributed by atoms with Crippen molar-refractivity contribution in [2.24, 2.45) is 0 Å². The summed E-state index contributed by atoms with van der Waals surface area (Å²) in [4.78, 5) is 3.38. The van der Waals surface area contributed by atoms with Gasteiger partial charge in [-0.05, 0) is 41.3 Å². The van der Waals surface area contributed by atoms with E-state index in [0.29, 0.717) is 0 Å². The SMILES string of the molecule is Brc1ccc2c(c1)[C@H](c1c[nH]c3ccccc13)NCC2. The lowest BCUT2D eigenvalue weighted by Gasteiger charge is -2.27. The van der Waals surface area contributed by atoms with Crippen molar-refractivity contribution in [3.63, 3.8) is 0 Å². The second-order valence-electron chi connectivity index (χ2n) is 5.27. The van der Waals surface area contributed by atoms with E-state index in [4.69, 9.17) is 0 Å². The van der Waals surface area contributed by atoms with Crippen LogP contribution in [0.15, 0.2) is 53.1 Å². The largest absolute Gasteiger partial charge is 0.361 e. The molecule has 2 N–H and O–H groups in total. The van der Waals surface area contributed by atoms with Crippen molar-refractivity contribution in [1.29, 1.82) is 0 Å². The van der Waals surface area contributed by atoms with E-state index in [1.54, 1.807) is 0 Å². The van der Waals surface area contributed by atoms with Gasteiger partial charge in [-0.2, -0.15) is 0 Å². The molecule has 3 aromatic rings. The minimum Gasteiger partial charge on any atom is -0.361 e. The lowest BCUT2D eigenvalue weighted by atomic mass is 9.90. The molecule has 0 saturated carbocycles. The van der Waals surface area contributed by atoms with Crippen LogP contribution in [-0.4, -0.2) is 11.5 Å².